The Kier molecular flexibility index (Phi) is 6.99. The van der Waals surface area contributed by atoms with E-state index in [0.717, 1.165) is 35.3 Å². The van der Waals surface area contributed by atoms with Crippen molar-refractivity contribution in [3.05, 3.63) is 60.4 Å². The number of nitrogens with zero attached hydrogens (tertiary/aromatic N) is 8. The molecular formula is C30H35N9O3. The molecule has 0 unspecified atom stereocenters. The maximum absolute atomic E-state index is 12.4. The maximum atomic E-state index is 12.4. The lowest BCUT2D eigenvalue weighted by molar-refractivity contribution is 0.0240. The van der Waals surface area contributed by atoms with Gasteiger partial charge in [0.1, 0.15) is 17.1 Å². The van der Waals surface area contributed by atoms with Crippen molar-refractivity contribution < 1.29 is 14.1 Å². The molecule has 2 fully saturated rings. The molecule has 12 heteroatoms. The number of hydrogen-bond donors (Lipinski definition) is 1. The SMILES string of the molecule is CC(C)(C)OC(=O)N1CCN(c2cnc(-c3nc([C@](C)(c4ccc(-c5cnc(N)nc5)cc4)C4CC4)no3)cn2)CC1. The zero-order valence-corrected chi connectivity index (χ0v) is 24.3. The van der Waals surface area contributed by atoms with Crippen LogP contribution in [0.25, 0.3) is 22.7 Å². The Hall–Kier alpha value is -4.61. The normalized spacial score (nSPS) is 17.1. The lowest BCUT2D eigenvalue weighted by Crippen LogP contribution is -2.50. The van der Waals surface area contributed by atoms with Crippen LogP contribution >= 0.6 is 0 Å². The summed E-state index contributed by atoms with van der Waals surface area (Å²) in [5.74, 6) is 2.37. The molecule has 1 aromatic carbocycles. The van der Waals surface area contributed by atoms with Crippen LogP contribution < -0.4 is 10.6 Å². The highest BCUT2D eigenvalue weighted by molar-refractivity contribution is 5.68. The predicted molar refractivity (Wildman–Crippen MR) is 156 cm³/mol. The monoisotopic (exact) mass is 569 g/mol. The molecule has 42 heavy (non-hydrogen) atoms. The van der Waals surface area contributed by atoms with Crippen LogP contribution in [0.3, 0.4) is 0 Å². The second kappa shape index (κ2) is 10.7. The number of carbonyl (C=O) groups is 1. The molecule has 2 N–H and O–H groups in total. The minimum absolute atomic E-state index is 0.252. The number of aromatic nitrogens is 6. The van der Waals surface area contributed by atoms with Crippen molar-refractivity contribution in [3.8, 4) is 22.7 Å². The molecule has 1 saturated carbocycles. The largest absolute Gasteiger partial charge is 0.444 e. The first-order valence-corrected chi connectivity index (χ1v) is 14.2. The van der Waals surface area contributed by atoms with E-state index < -0.39 is 11.0 Å². The zero-order valence-electron chi connectivity index (χ0n) is 24.3. The molecule has 2 aliphatic rings. The van der Waals surface area contributed by atoms with Gasteiger partial charge in [0, 0.05) is 44.1 Å². The van der Waals surface area contributed by atoms with E-state index in [1.165, 1.54) is 0 Å². The summed E-state index contributed by atoms with van der Waals surface area (Å²) in [4.78, 5) is 38.4. The average molecular weight is 570 g/mol. The van der Waals surface area contributed by atoms with Crippen molar-refractivity contribution in [1.29, 1.82) is 0 Å². The van der Waals surface area contributed by atoms with Crippen LogP contribution in [0.1, 0.15) is 51.9 Å². The van der Waals surface area contributed by atoms with Gasteiger partial charge in [-0.05, 0) is 57.6 Å². The third kappa shape index (κ3) is 5.61. The van der Waals surface area contributed by atoms with Gasteiger partial charge >= 0.3 is 6.09 Å². The molecule has 0 bridgehead atoms. The predicted octanol–water partition coefficient (Wildman–Crippen LogP) is 4.34. The van der Waals surface area contributed by atoms with E-state index in [1.54, 1.807) is 29.7 Å². The second-order valence-corrected chi connectivity index (χ2v) is 12.0. The molecule has 0 radical (unpaired) electrons. The van der Waals surface area contributed by atoms with Crippen LogP contribution in [-0.2, 0) is 10.2 Å². The number of carbonyl (C=O) groups excluding carboxylic acids is 1. The Morgan fingerprint density at radius 1 is 0.905 bits per heavy atom. The van der Waals surface area contributed by atoms with Crippen molar-refractivity contribution >= 4 is 17.9 Å². The van der Waals surface area contributed by atoms with Gasteiger partial charge in [-0.1, -0.05) is 29.4 Å². The summed E-state index contributed by atoms with van der Waals surface area (Å²) >= 11 is 0. The molecule has 1 amide bonds. The summed E-state index contributed by atoms with van der Waals surface area (Å²) in [7, 11) is 0. The highest BCUT2D eigenvalue weighted by Gasteiger charge is 2.47. The molecule has 1 aliphatic carbocycles. The fraction of sp³-hybridized carbons (Fsp3) is 0.433. The minimum atomic E-state index is -0.515. The molecule has 4 aromatic rings. The Balaban J connectivity index is 1.15. The molecule has 12 nitrogen and oxygen atoms in total. The van der Waals surface area contributed by atoms with Gasteiger partial charge in [-0.3, -0.25) is 0 Å². The molecule has 218 valence electrons. The van der Waals surface area contributed by atoms with E-state index in [4.69, 9.17) is 20.0 Å². The van der Waals surface area contributed by atoms with Gasteiger partial charge < -0.3 is 24.8 Å². The Morgan fingerprint density at radius 3 is 2.19 bits per heavy atom. The van der Waals surface area contributed by atoms with Gasteiger partial charge in [0.05, 0.1) is 17.8 Å². The number of amides is 1. The number of ether oxygens (including phenoxy) is 1. The van der Waals surface area contributed by atoms with E-state index in [9.17, 15) is 4.79 Å². The molecule has 1 saturated heterocycles. The number of piperazine rings is 1. The van der Waals surface area contributed by atoms with Crippen LogP contribution in [0.2, 0.25) is 0 Å². The number of anilines is 2. The van der Waals surface area contributed by atoms with Crippen LogP contribution in [0.15, 0.2) is 53.6 Å². The number of nitrogen functional groups attached to an aromatic ring is 1. The van der Waals surface area contributed by atoms with Crippen molar-refractivity contribution in [2.75, 3.05) is 36.8 Å². The fourth-order valence-electron chi connectivity index (χ4n) is 5.28. The first kappa shape index (κ1) is 27.6. The lowest BCUT2D eigenvalue weighted by Gasteiger charge is -2.36. The summed E-state index contributed by atoms with van der Waals surface area (Å²) in [5.41, 5.74) is 8.25. The van der Waals surface area contributed by atoms with Crippen molar-refractivity contribution in [1.82, 2.24) is 35.0 Å². The first-order chi connectivity index (χ1) is 20.1. The topological polar surface area (TPSA) is 149 Å². The van der Waals surface area contributed by atoms with Crippen molar-refractivity contribution in [3.63, 3.8) is 0 Å². The molecular weight excluding hydrogens is 534 g/mol. The number of nitrogens with two attached hydrogens (primary N) is 1. The number of rotatable bonds is 6. The van der Waals surface area contributed by atoms with Gasteiger partial charge in [-0.2, -0.15) is 4.98 Å². The van der Waals surface area contributed by atoms with Gasteiger partial charge in [0.2, 0.25) is 5.95 Å². The van der Waals surface area contributed by atoms with Gasteiger partial charge in [0.25, 0.3) is 5.89 Å². The number of hydrogen-bond acceptors (Lipinski definition) is 11. The van der Waals surface area contributed by atoms with E-state index in [-0.39, 0.29) is 12.0 Å². The van der Waals surface area contributed by atoms with Crippen LogP contribution in [0.4, 0.5) is 16.6 Å². The molecule has 1 atom stereocenters. The second-order valence-electron chi connectivity index (χ2n) is 12.0. The Bertz CT molecular complexity index is 1540. The zero-order chi connectivity index (χ0) is 29.5. The van der Waals surface area contributed by atoms with E-state index in [0.29, 0.717) is 49.5 Å². The van der Waals surface area contributed by atoms with E-state index >= 15 is 0 Å². The summed E-state index contributed by atoms with van der Waals surface area (Å²) in [5, 5.41) is 4.41. The summed E-state index contributed by atoms with van der Waals surface area (Å²) < 4.78 is 11.2. The molecule has 1 aliphatic heterocycles. The molecule has 3 aromatic heterocycles. The highest BCUT2D eigenvalue weighted by atomic mass is 16.6. The highest BCUT2D eigenvalue weighted by Crippen LogP contribution is 2.50. The number of benzene rings is 1. The smallest absolute Gasteiger partial charge is 0.410 e. The van der Waals surface area contributed by atoms with E-state index in [2.05, 4.69) is 61.2 Å². The van der Waals surface area contributed by atoms with Crippen LogP contribution in [-0.4, -0.2) is 72.8 Å². The quantitative estimate of drug-likeness (QED) is 0.353. The van der Waals surface area contributed by atoms with Gasteiger partial charge in [-0.15, -0.1) is 0 Å². The minimum Gasteiger partial charge on any atom is -0.444 e. The fourth-order valence-corrected chi connectivity index (χ4v) is 5.28. The van der Waals surface area contributed by atoms with Crippen LogP contribution in [0.5, 0.6) is 0 Å². The van der Waals surface area contributed by atoms with Crippen LogP contribution in [0, 0.1) is 5.92 Å². The molecule has 0 spiro atoms. The van der Waals surface area contributed by atoms with Gasteiger partial charge in [-0.25, -0.2) is 24.7 Å². The summed E-state index contributed by atoms with van der Waals surface area (Å²) in [6.07, 6.45) is 8.72. The standard InChI is InChI=1S/C30H35N9O3/c1-29(2,3)41-28(40)39-13-11-38(12-14-39)24-18-32-23(17-33-24)25-36-26(37-42-25)30(4,22-9-10-22)21-7-5-19(6-8-21)20-15-34-27(31)35-16-20/h5-8,15-18,22H,9-14H2,1-4H3,(H2,31,34,35)/t30-/m1/s1. The molecule has 6 rings (SSSR count). The molecule has 4 heterocycles. The Morgan fingerprint density at radius 2 is 1.60 bits per heavy atom. The van der Waals surface area contributed by atoms with Crippen molar-refractivity contribution in [2.45, 2.75) is 51.6 Å². The van der Waals surface area contributed by atoms with Crippen molar-refractivity contribution in [2.24, 2.45) is 5.92 Å². The third-order valence-corrected chi connectivity index (χ3v) is 7.89. The third-order valence-electron chi connectivity index (χ3n) is 7.89. The lowest BCUT2D eigenvalue weighted by atomic mass is 9.77. The maximum Gasteiger partial charge on any atom is 0.410 e. The van der Waals surface area contributed by atoms with E-state index in [1.807, 2.05) is 20.8 Å². The summed E-state index contributed by atoms with van der Waals surface area (Å²) in [6, 6.07) is 8.33. The first-order valence-electron chi connectivity index (χ1n) is 14.2. The summed E-state index contributed by atoms with van der Waals surface area (Å²) in [6.45, 7) is 10.2. The van der Waals surface area contributed by atoms with Gasteiger partial charge in [0.15, 0.2) is 5.82 Å². The average Bonchev–Trinajstić information content (AvgIpc) is 3.73. The Labute approximate surface area is 244 Å².